The van der Waals surface area contributed by atoms with Crippen molar-refractivity contribution in [3.8, 4) is 11.1 Å². The largest absolute Gasteiger partial charge is 0.322 e. The molecular weight excluding hydrogens is 306 g/mol. The lowest BCUT2D eigenvalue weighted by molar-refractivity contribution is 0.102. The Morgan fingerprint density at radius 1 is 0.783 bits per heavy atom. The van der Waals surface area contributed by atoms with Gasteiger partial charge in [0.1, 0.15) is 0 Å². The number of carbonyl (C=O) groups is 1. The maximum atomic E-state index is 12.2. The number of hydrogen-bond acceptors (Lipinski definition) is 1. The predicted octanol–water partition coefficient (Wildman–Crippen LogP) is 5.57. The van der Waals surface area contributed by atoms with E-state index in [0.29, 0.717) is 5.56 Å². The van der Waals surface area contributed by atoms with Gasteiger partial charge in [0.2, 0.25) is 0 Å². The van der Waals surface area contributed by atoms with Crippen LogP contribution < -0.4 is 5.32 Å². The minimum Gasteiger partial charge on any atom is -0.322 e. The van der Waals surface area contributed by atoms with E-state index < -0.39 is 0 Å². The van der Waals surface area contributed by atoms with Crippen LogP contribution >= 0.6 is 11.6 Å². The van der Waals surface area contributed by atoms with E-state index in [-0.39, 0.29) is 5.91 Å². The molecule has 0 bridgehead atoms. The van der Waals surface area contributed by atoms with E-state index >= 15 is 0 Å². The molecule has 0 fully saturated rings. The second-order valence-electron chi connectivity index (χ2n) is 5.40. The van der Waals surface area contributed by atoms with E-state index in [4.69, 9.17) is 11.6 Å². The van der Waals surface area contributed by atoms with Crippen molar-refractivity contribution in [1.29, 1.82) is 0 Å². The van der Waals surface area contributed by atoms with E-state index in [1.165, 1.54) is 0 Å². The Kier molecular flexibility index (Phi) is 4.45. The number of aryl methyl sites for hydroxylation is 1. The van der Waals surface area contributed by atoms with Crippen LogP contribution in [0.3, 0.4) is 0 Å². The fourth-order valence-electron chi connectivity index (χ4n) is 2.30. The Bertz CT molecular complexity index is 806. The van der Waals surface area contributed by atoms with Gasteiger partial charge in [-0.15, -0.1) is 0 Å². The van der Waals surface area contributed by atoms with Gasteiger partial charge in [0.25, 0.3) is 5.91 Å². The molecule has 0 heterocycles. The summed E-state index contributed by atoms with van der Waals surface area (Å²) < 4.78 is 0. The summed E-state index contributed by atoms with van der Waals surface area (Å²) in [6.45, 7) is 2.00. The van der Waals surface area contributed by atoms with E-state index in [1.54, 1.807) is 0 Å². The molecule has 0 aliphatic rings. The van der Waals surface area contributed by atoms with Crippen LogP contribution in [0.2, 0.25) is 5.02 Å². The summed E-state index contributed by atoms with van der Waals surface area (Å²) in [5, 5.41) is 3.62. The monoisotopic (exact) mass is 321 g/mol. The highest BCUT2D eigenvalue weighted by atomic mass is 35.5. The molecule has 0 atom stereocenters. The van der Waals surface area contributed by atoms with E-state index in [9.17, 15) is 4.79 Å². The lowest BCUT2D eigenvalue weighted by Gasteiger charge is -2.07. The zero-order valence-corrected chi connectivity index (χ0v) is 13.5. The summed E-state index contributed by atoms with van der Waals surface area (Å²) in [6, 6.07) is 22.9. The maximum Gasteiger partial charge on any atom is 0.255 e. The molecule has 23 heavy (non-hydrogen) atoms. The number of hydrogen-bond donors (Lipinski definition) is 1. The van der Waals surface area contributed by atoms with Crippen LogP contribution in [0.5, 0.6) is 0 Å². The molecule has 0 aromatic heterocycles. The third-order valence-corrected chi connectivity index (χ3v) is 3.89. The highest BCUT2D eigenvalue weighted by molar-refractivity contribution is 6.30. The number of anilines is 1. The van der Waals surface area contributed by atoms with E-state index in [0.717, 1.165) is 27.4 Å². The van der Waals surface area contributed by atoms with Gasteiger partial charge in [0.15, 0.2) is 0 Å². The van der Waals surface area contributed by atoms with Crippen molar-refractivity contribution >= 4 is 23.2 Å². The first-order valence-corrected chi connectivity index (χ1v) is 7.74. The first-order chi connectivity index (χ1) is 11.1. The predicted molar refractivity (Wildman–Crippen MR) is 96.0 cm³/mol. The Balaban J connectivity index is 1.73. The van der Waals surface area contributed by atoms with E-state index in [2.05, 4.69) is 5.32 Å². The summed E-state index contributed by atoms with van der Waals surface area (Å²) in [6.07, 6.45) is 0. The molecule has 114 valence electrons. The Labute approximate surface area is 140 Å². The molecule has 0 aliphatic heterocycles. The van der Waals surface area contributed by atoms with Crippen molar-refractivity contribution in [3.63, 3.8) is 0 Å². The van der Waals surface area contributed by atoms with Crippen molar-refractivity contribution in [2.45, 2.75) is 6.92 Å². The second kappa shape index (κ2) is 6.67. The van der Waals surface area contributed by atoms with Crippen LogP contribution in [0.15, 0.2) is 72.8 Å². The molecule has 3 aromatic rings. The molecule has 3 rings (SSSR count). The SMILES string of the molecule is Cc1ccc(C(=O)Nc2ccc(-c3ccc(Cl)cc3)cc2)cc1. The second-order valence-corrected chi connectivity index (χ2v) is 5.84. The maximum absolute atomic E-state index is 12.2. The molecule has 0 aliphatic carbocycles. The van der Waals surface area contributed by atoms with Gasteiger partial charge in [-0.2, -0.15) is 0 Å². The van der Waals surface area contributed by atoms with Crippen LogP contribution in [-0.2, 0) is 0 Å². The smallest absolute Gasteiger partial charge is 0.255 e. The van der Waals surface area contributed by atoms with Crippen molar-refractivity contribution in [1.82, 2.24) is 0 Å². The number of nitrogens with one attached hydrogen (secondary N) is 1. The molecule has 0 radical (unpaired) electrons. The number of carbonyl (C=O) groups excluding carboxylic acids is 1. The molecule has 0 spiro atoms. The summed E-state index contributed by atoms with van der Waals surface area (Å²) in [7, 11) is 0. The third-order valence-electron chi connectivity index (χ3n) is 3.63. The van der Waals surface area contributed by atoms with Crippen molar-refractivity contribution in [2.24, 2.45) is 0 Å². The van der Waals surface area contributed by atoms with Crippen LogP contribution in [-0.4, -0.2) is 5.91 Å². The van der Waals surface area contributed by atoms with Gasteiger partial charge in [0, 0.05) is 16.3 Å². The average Bonchev–Trinajstić information content (AvgIpc) is 2.57. The van der Waals surface area contributed by atoms with E-state index in [1.807, 2.05) is 79.7 Å². The summed E-state index contributed by atoms with van der Waals surface area (Å²) in [5.74, 6) is -0.107. The lowest BCUT2D eigenvalue weighted by Crippen LogP contribution is -2.11. The average molecular weight is 322 g/mol. The molecule has 0 saturated carbocycles. The van der Waals surface area contributed by atoms with Gasteiger partial charge in [-0.25, -0.2) is 0 Å². The Morgan fingerprint density at radius 2 is 1.30 bits per heavy atom. The Morgan fingerprint density at radius 3 is 1.87 bits per heavy atom. The zero-order chi connectivity index (χ0) is 16.2. The fraction of sp³-hybridized carbons (Fsp3) is 0.0500. The molecule has 0 unspecified atom stereocenters. The van der Waals surface area contributed by atoms with Crippen LogP contribution in [0.1, 0.15) is 15.9 Å². The first kappa shape index (κ1) is 15.3. The molecule has 3 aromatic carbocycles. The van der Waals surface area contributed by atoms with Gasteiger partial charge in [-0.1, -0.05) is 53.6 Å². The first-order valence-electron chi connectivity index (χ1n) is 7.36. The van der Waals surface area contributed by atoms with Crippen LogP contribution in [0.4, 0.5) is 5.69 Å². The number of amides is 1. The zero-order valence-electron chi connectivity index (χ0n) is 12.7. The van der Waals surface area contributed by atoms with Gasteiger partial charge in [-0.3, -0.25) is 4.79 Å². The molecule has 1 amide bonds. The molecule has 2 nitrogen and oxygen atoms in total. The molecule has 0 saturated heterocycles. The minimum absolute atomic E-state index is 0.107. The fourth-order valence-corrected chi connectivity index (χ4v) is 2.42. The minimum atomic E-state index is -0.107. The molecular formula is C20H16ClNO. The lowest BCUT2D eigenvalue weighted by atomic mass is 10.1. The van der Waals surface area contributed by atoms with Gasteiger partial charge < -0.3 is 5.32 Å². The summed E-state index contributed by atoms with van der Waals surface area (Å²) in [4.78, 5) is 12.2. The number of benzene rings is 3. The van der Waals surface area contributed by atoms with Gasteiger partial charge in [0.05, 0.1) is 0 Å². The highest BCUT2D eigenvalue weighted by Gasteiger charge is 2.06. The normalized spacial score (nSPS) is 10.3. The highest BCUT2D eigenvalue weighted by Crippen LogP contribution is 2.23. The summed E-state index contributed by atoms with van der Waals surface area (Å²) in [5.41, 5.74) is 4.72. The number of halogens is 1. The van der Waals surface area contributed by atoms with Crippen molar-refractivity contribution < 1.29 is 4.79 Å². The van der Waals surface area contributed by atoms with Crippen molar-refractivity contribution in [3.05, 3.63) is 88.9 Å². The Hall–Kier alpha value is -2.58. The van der Waals surface area contributed by atoms with Gasteiger partial charge in [-0.05, 0) is 54.4 Å². The van der Waals surface area contributed by atoms with Gasteiger partial charge >= 0.3 is 0 Å². The molecule has 1 N–H and O–H groups in total. The standard InChI is InChI=1S/C20H16ClNO/c1-14-2-4-17(5-3-14)20(23)22-19-12-8-16(9-13-19)15-6-10-18(21)11-7-15/h2-13H,1H3,(H,22,23). The van der Waals surface area contributed by atoms with Crippen molar-refractivity contribution in [2.75, 3.05) is 5.32 Å². The van der Waals surface area contributed by atoms with Crippen LogP contribution in [0.25, 0.3) is 11.1 Å². The summed E-state index contributed by atoms with van der Waals surface area (Å²) >= 11 is 5.90. The number of rotatable bonds is 3. The topological polar surface area (TPSA) is 29.1 Å². The molecule has 3 heteroatoms. The quantitative estimate of drug-likeness (QED) is 0.671. The van der Waals surface area contributed by atoms with Crippen LogP contribution in [0, 0.1) is 6.92 Å². The third kappa shape index (κ3) is 3.79.